The fourth-order valence-corrected chi connectivity index (χ4v) is 2.51. The molecule has 0 spiro atoms. The molecule has 0 fully saturated rings. The van der Waals surface area contributed by atoms with E-state index in [1.807, 2.05) is 32.0 Å². The van der Waals surface area contributed by atoms with Crippen LogP contribution in [0.15, 0.2) is 34.8 Å². The average molecular weight is 340 g/mol. The van der Waals surface area contributed by atoms with Crippen molar-refractivity contribution in [1.29, 1.82) is 0 Å². The molecule has 1 nitrogen and oxygen atoms in total. The first-order valence-corrected chi connectivity index (χ1v) is 7.14. The van der Waals surface area contributed by atoms with Crippen molar-refractivity contribution >= 4 is 15.9 Å². The Kier molecular flexibility index (Phi) is 4.55. The van der Waals surface area contributed by atoms with E-state index < -0.39 is 17.7 Å². The van der Waals surface area contributed by atoms with Crippen LogP contribution in [-0.4, -0.2) is 0 Å². The summed E-state index contributed by atoms with van der Waals surface area (Å²) in [5.41, 5.74) is 9.21. The molecule has 0 radical (unpaired) electrons. The van der Waals surface area contributed by atoms with E-state index >= 15 is 0 Å². The van der Waals surface area contributed by atoms with Crippen molar-refractivity contribution in [3.8, 4) is 0 Å². The molecule has 0 aliphatic rings. The molecule has 2 aromatic carbocycles. The minimum atomic E-state index is -0.713. The lowest BCUT2D eigenvalue weighted by Crippen LogP contribution is -2.17. The number of aryl methyl sites for hydroxylation is 2. The third kappa shape index (κ3) is 3.07. The predicted molar refractivity (Wildman–Crippen MR) is 80.6 cm³/mol. The fraction of sp³-hybridized carbons (Fsp3) is 0.250. The van der Waals surface area contributed by atoms with Crippen LogP contribution in [0.4, 0.5) is 8.78 Å². The summed E-state index contributed by atoms with van der Waals surface area (Å²) in [4.78, 5) is 0. The van der Waals surface area contributed by atoms with Crippen LogP contribution in [0.3, 0.4) is 0 Å². The molecule has 0 heterocycles. The van der Waals surface area contributed by atoms with Gasteiger partial charge in [0.1, 0.15) is 11.6 Å². The highest BCUT2D eigenvalue weighted by Crippen LogP contribution is 2.27. The van der Waals surface area contributed by atoms with Crippen LogP contribution in [0.1, 0.15) is 28.3 Å². The maximum Gasteiger partial charge on any atom is 0.145 e. The molecule has 1 atom stereocenters. The van der Waals surface area contributed by atoms with Gasteiger partial charge in [-0.1, -0.05) is 18.2 Å². The van der Waals surface area contributed by atoms with Crippen molar-refractivity contribution < 1.29 is 8.78 Å². The zero-order valence-corrected chi connectivity index (χ0v) is 13.0. The van der Waals surface area contributed by atoms with E-state index in [2.05, 4.69) is 15.9 Å². The van der Waals surface area contributed by atoms with Gasteiger partial charge in [-0.3, -0.25) is 0 Å². The standard InChI is InChI=1S/C16H16BrF2N/c1-9-3-4-11(7-10(9)2)8-14(20)15-13(18)6-5-12(17)16(15)19/h3-7,14H,8,20H2,1-2H3. The average Bonchev–Trinajstić information content (AvgIpc) is 2.39. The van der Waals surface area contributed by atoms with Gasteiger partial charge < -0.3 is 5.73 Å². The summed E-state index contributed by atoms with van der Waals surface area (Å²) >= 11 is 3.06. The molecule has 20 heavy (non-hydrogen) atoms. The first-order valence-electron chi connectivity index (χ1n) is 6.35. The normalized spacial score (nSPS) is 12.5. The van der Waals surface area contributed by atoms with Crippen LogP contribution in [0.2, 0.25) is 0 Å². The molecule has 4 heteroatoms. The molecule has 1 unspecified atom stereocenters. The topological polar surface area (TPSA) is 26.0 Å². The number of hydrogen-bond acceptors (Lipinski definition) is 1. The molecule has 0 bridgehead atoms. The third-order valence-corrected chi connectivity index (χ3v) is 4.09. The van der Waals surface area contributed by atoms with E-state index in [0.717, 1.165) is 11.1 Å². The van der Waals surface area contributed by atoms with Gasteiger partial charge >= 0.3 is 0 Å². The minimum absolute atomic E-state index is 0.0717. The molecule has 2 N–H and O–H groups in total. The fourth-order valence-electron chi connectivity index (χ4n) is 2.17. The summed E-state index contributed by atoms with van der Waals surface area (Å²) in [7, 11) is 0. The molecular formula is C16H16BrF2N. The molecule has 2 aromatic rings. The third-order valence-electron chi connectivity index (χ3n) is 3.48. The van der Waals surface area contributed by atoms with Gasteiger partial charge in [-0.05, 0) is 65.0 Å². The number of halogens is 3. The van der Waals surface area contributed by atoms with Crippen LogP contribution in [0.25, 0.3) is 0 Å². The van der Waals surface area contributed by atoms with Gasteiger partial charge in [-0.15, -0.1) is 0 Å². The van der Waals surface area contributed by atoms with Crippen LogP contribution in [0, 0.1) is 25.5 Å². The van der Waals surface area contributed by atoms with Crippen molar-refractivity contribution in [3.05, 3.63) is 68.7 Å². The molecule has 2 rings (SSSR count). The molecular weight excluding hydrogens is 324 g/mol. The second-order valence-electron chi connectivity index (χ2n) is 4.99. The van der Waals surface area contributed by atoms with Crippen molar-refractivity contribution in [2.45, 2.75) is 26.3 Å². The molecule has 0 aromatic heterocycles. The lowest BCUT2D eigenvalue weighted by atomic mass is 9.96. The van der Waals surface area contributed by atoms with Crippen LogP contribution >= 0.6 is 15.9 Å². The van der Waals surface area contributed by atoms with Crippen LogP contribution in [-0.2, 0) is 6.42 Å². The van der Waals surface area contributed by atoms with E-state index in [1.54, 1.807) is 0 Å². The molecule has 0 aliphatic carbocycles. The molecule has 106 valence electrons. The first kappa shape index (κ1) is 15.1. The van der Waals surface area contributed by atoms with Gasteiger partial charge in [-0.25, -0.2) is 8.78 Å². The van der Waals surface area contributed by atoms with E-state index in [1.165, 1.54) is 17.7 Å². The Morgan fingerprint density at radius 2 is 1.80 bits per heavy atom. The zero-order chi connectivity index (χ0) is 14.9. The van der Waals surface area contributed by atoms with Crippen molar-refractivity contribution in [3.63, 3.8) is 0 Å². The molecule has 0 amide bonds. The number of hydrogen-bond donors (Lipinski definition) is 1. The van der Waals surface area contributed by atoms with Crippen molar-refractivity contribution in [2.24, 2.45) is 5.73 Å². The number of nitrogens with two attached hydrogens (primary N) is 1. The molecule has 0 saturated heterocycles. The van der Waals surface area contributed by atoms with Crippen LogP contribution in [0.5, 0.6) is 0 Å². The van der Waals surface area contributed by atoms with Crippen molar-refractivity contribution in [2.75, 3.05) is 0 Å². The number of rotatable bonds is 3. The lowest BCUT2D eigenvalue weighted by molar-refractivity contribution is 0.521. The highest BCUT2D eigenvalue weighted by Gasteiger charge is 2.19. The van der Waals surface area contributed by atoms with E-state index in [9.17, 15) is 8.78 Å². The second-order valence-corrected chi connectivity index (χ2v) is 5.84. The largest absolute Gasteiger partial charge is 0.323 e. The smallest absolute Gasteiger partial charge is 0.145 e. The molecule has 0 saturated carbocycles. The van der Waals surface area contributed by atoms with Gasteiger partial charge in [0.05, 0.1) is 4.47 Å². The predicted octanol–water partition coefficient (Wildman–Crippen LogP) is 4.59. The maximum atomic E-state index is 14.0. The highest BCUT2D eigenvalue weighted by atomic mass is 79.9. The Balaban J connectivity index is 2.30. The second kappa shape index (κ2) is 6.02. The van der Waals surface area contributed by atoms with Gasteiger partial charge in [-0.2, -0.15) is 0 Å². The van der Waals surface area contributed by atoms with Crippen LogP contribution < -0.4 is 5.73 Å². The quantitative estimate of drug-likeness (QED) is 0.813. The highest BCUT2D eigenvalue weighted by molar-refractivity contribution is 9.10. The van der Waals surface area contributed by atoms with Gasteiger partial charge in [0.25, 0.3) is 0 Å². The van der Waals surface area contributed by atoms with E-state index in [-0.39, 0.29) is 10.0 Å². The zero-order valence-electron chi connectivity index (χ0n) is 11.4. The SMILES string of the molecule is Cc1ccc(CC(N)c2c(F)ccc(Br)c2F)cc1C. The Labute approximate surface area is 125 Å². The first-order chi connectivity index (χ1) is 9.40. The number of benzene rings is 2. The van der Waals surface area contributed by atoms with Gasteiger partial charge in [0.15, 0.2) is 0 Å². The monoisotopic (exact) mass is 339 g/mol. The lowest BCUT2D eigenvalue weighted by Gasteiger charge is -2.15. The summed E-state index contributed by atoms with van der Waals surface area (Å²) in [6.07, 6.45) is 0.394. The van der Waals surface area contributed by atoms with Gasteiger partial charge in [0, 0.05) is 11.6 Å². The summed E-state index contributed by atoms with van der Waals surface area (Å²) in [5.74, 6) is -1.23. The Hall–Kier alpha value is -1.26. The summed E-state index contributed by atoms with van der Waals surface area (Å²) in [6, 6.07) is 7.79. The Morgan fingerprint density at radius 3 is 2.45 bits per heavy atom. The Bertz CT molecular complexity index is 641. The van der Waals surface area contributed by atoms with E-state index in [0.29, 0.717) is 6.42 Å². The summed E-state index contributed by atoms with van der Waals surface area (Å²) in [5, 5.41) is 0. The Morgan fingerprint density at radius 1 is 1.10 bits per heavy atom. The molecule has 0 aliphatic heterocycles. The van der Waals surface area contributed by atoms with Crippen molar-refractivity contribution in [1.82, 2.24) is 0 Å². The van der Waals surface area contributed by atoms with E-state index in [4.69, 9.17) is 5.73 Å². The van der Waals surface area contributed by atoms with Gasteiger partial charge in [0.2, 0.25) is 0 Å². The summed E-state index contributed by atoms with van der Waals surface area (Å²) < 4.78 is 28.0. The maximum absolute atomic E-state index is 14.0. The minimum Gasteiger partial charge on any atom is -0.323 e. The summed E-state index contributed by atoms with van der Waals surface area (Å²) in [6.45, 7) is 4.03.